The van der Waals surface area contributed by atoms with Crippen LogP contribution in [0.25, 0.3) is 0 Å². The number of nitrogens with two attached hydrogens (primary N) is 1. The Bertz CT molecular complexity index is 256. The standard InChI is InChI=1S/C12H24N2O3/c1-4-6-9(12(16)17)7-14-11(15)10(13)8(3)5-2/h8-10H,4-7,13H2,1-3H3,(H,14,15)(H,16,17). The molecule has 1 amide bonds. The molecule has 0 fully saturated rings. The molecule has 0 bridgehead atoms. The molecule has 100 valence electrons. The van der Waals surface area contributed by atoms with E-state index in [4.69, 9.17) is 10.8 Å². The Labute approximate surface area is 103 Å². The lowest BCUT2D eigenvalue weighted by molar-refractivity contribution is -0.142. The molecule has 0 saturated heterocycles. The number of aliphatic carboxylic acids is 1. The number of carboxylic acids is 1. The molecule has 0 aromatic carbocycles. The van der Waals surface area contributed by atoms with Gasteiger partial charge >= 0.3 is 5.97 Å². The lowest BCUT2D eigenvalue weighted by Gasteiger charge is -2.19. The molecule has 0 radical (unpaired) electrons. The number of rotatable bonds is 8. The highest BCUT2D eigenvalue weighted by atomic mass is 16.4. The Hall–Kier alpha value is -1.10. The van der Waals surface area contributed by atoms with Gasteiger partial charge in [0.15, 0.2) is 0 Å². The van der Waals surface area contributed by atoms with Gasteiger partial charge in [-0.3, -0.25) is 9.59 Å². The zero-order valence-electron chi connectivity index (χ0n) is 10.9. The van der Waals surface area contributed by atoms with Crippen molar-refractivity contribution in [2.75, 3.05) is 6.54 Å². The van der Waals surface area contributed by atoms with Crippen molar-refractivity contribution >= 4 is 11.9 Å². The highest BCUT2D eigenvalue weighted by molar-refractivity contribution is 5.82. The van der Waals surface area contributed by atoms with Crippen molar-refractivity contribution in [1.29, 1.82) is 0 Å². The van der Waals surface area contributed by atoms with Gasteiger partial charge in [0.25, 0.3) is 0 Å². The third kappa shape index (κ3) is 5.68. The van der Waals surface area contributed by atoms with Crippen LogP contribution in [0.1, 0.15) is 40.0 Å². The smallest absolute Gasteiger partial charge is 0.308 e. The van der Waals surface area contributed by atoms with E-state index in [-0.39, 0.29) is 18.4 Å². The summed E-state index contributed by atoms with van der Waals surface area (Å²) in [6, 6.07) is -0.559. The first kappa shape index (κ1) is 15.9. The zero-order valence-corrected chi connectivity index (χ0v) is 10.9. The molecule has 3 atom stereocenters. The fraction of sp³-hybridized carbons (Fsp3) is 0.833. The molecule has 0 spiro atoms. The van der Waals surface area contributed by atoms with Crippen LogP contribution < -0.4 is 11.1 Å². The maximum atomic E-state index is 11.6. The Morgan fingerprint density at radius 1 is 1.35 bits per heavy atom. The van der Waals surface area contributed by atoms with Crippen molar-refractivity contribution in [3.8, 4) is 0 Å². The van der Waals surface area contributed by atoms with E-state index in [0.29, 0.717) is 6.42 Å². The average molecular weight is 244 g/mol. The second-order valence-electron chi connectivity index (χ2n) is 4.48. The summed E-state index contributed by atoms with van der Waals surface area (Å²) in [5.74, 6) is -1.55. The number of hydrogen-bond acceptors (Lipinski definition) is 3. The van der Waals surface area contributed by atoms with E-state index in [0.717, 1.165) is 12.8 Å². The van der Waals surface area contributed by atoms with Gasteiger partial charge in [-0.25, -0.2) is 0 Å². The molecule has 0 aliphatic heterocycles. The molecular weight excluding hydrogens is 220 g/mol. The molecular formula is C12H24N2O3. The van der Waals surface area contributed by atoms with Gasteiger partial charge in [0, 0.05) is 6.54 Å². The predicted molar refractivity (Wildman–Crippen MR) is 66.5 cm³/mol. The van der Waals surface area contributed by atoms with Crippen LogP contribution in [-0.4, -0.2) is 29.6 Å². The van der Waals surface area contributed by atoms with Gasteiger partial charge in [-0.2, -0.15) is 0 Å². The molecule has 5 heteroatoms. The van der Waals surface area contributed by atoms with E-state index in [2.05, 4.69) is 5.32 Å². The topological polar surface area (TPSA) is 92.4 Å². The van der Waals surface area contributed by atoms with Gasteiger partial charge in [-0.15, -0.1) is 0 Å². The van der Waals surface area contributed by atoms with Crippen LogP contribution in [0.3, 0.4) is 0 Å². The van der Waals surface area contributed by atoms with E-state index in [1.165, 1.54) is 0 Å². The average Bonchev–Trinajstić information content (AvgIpc) is 2.31. The summed E-state index contributed by atoms with van der Waals surface area (Å²) in [6.07, 6.45) is 2.17. The first-order chi connectivity index (χ1) is 7.93. The van der Waals surface area contributed by atoms with Gasteiger partial charge in [0.05, 0.1) is 12.0 Å². The second kappa shape index (κ2) is 8.06. The summed E-state index contributed by atoms with van der Waals surface area (Å²) in [4.78, 5) is 22.5. The molecule has 0 aliphatic rings. The Kier molecular flexibility index (Phi) is 7.54. The van der Waals surface area contributed by atoms with Crippen molar-refractivity contribution in [3.05, 3.63) is 0 Å². The molecule has 17 heavy (non-hydrogen) atoms. The molecule has 5 nitrogen and oxygen atoms in total. The third-order valence-electron chi connectivity index (χ3n) is 3.07. The van der Waals surface area contributed by atoms with Crippen molar-refractivity contribution < 1.29 is 14.7 Å². The minimum Gasteiger partial charge on any atom is -0.481 e. The summed E-state index contributed by atoms with van der Waals surface area (Å²) >= 11 is 0. The lowest BCUT2D eigenvalue weighted by Crippen LogP contribution is -2.46. The molecule has 0 aliphatic carbocycles. The van der Waals surface area contributed by atoms with Crippen LogP contribution in [-0.2, 0) is 9.59 Å². The first-order valence-electron chi connectivity index (χ1n) is 6.20. The summed E-state index contributed by atoms with van der Waals surface area (Å²) < 4.78 is 0. The van der Waals surface area contributed by atoms with Gasteiger partial charge in [-0.05, 0) is 12.3 Å². The van der Waals surface area contributed by atoms with Gasteiger partial charge < -0.3 is 16.2 Å². The second-order valence-corrected chi connectivity index (χ2v) is 4.48. The van der Waals surface area contributed by atoms with Gasteiger partial charge in [0.2, 0.25) is 5.91 Å². The fourth-order valence-electron chi connectivity index (χ4n) is 1.52. The molecule has 0 heterocycles. The fourth-order valence-corrected chi connectivity index (χ4v) is 1.52. The lowest BCUT2D eigenvalue weighted by atomic mass is 9.98. The minimum absolute atomic E-state index is 0.101. The van der Waals surface area contributed by atoms with Crippen LogP contribution in [0.4, 0.5) is 0 Å². The summed E-state index contributed by atoms with van der Waals surface area (Å²) in [6.45, 7) is 5.95. The van der Waals surface area contributed by atoms with Crippen LogP contribution in [0.5, 0.6) is 0 Å². The van der Waals surface area contributed by atoms with Crippen molar-refractivity contribution in [2.24, 2.45) is 17.6 Å². The number of hydrogen-bond donors (Lipinski definition) is 3. The van der Waals surface area contributed by atoms with E-state index < -0.39 is 17.9 Å². The molecule has 0 aromatic rings. The van der Waals surface area contributed by atoms with E-state index in [9.17, 15) is 9.59 Å². The van der Waals surface area contributed by atoms with E-state index in [1.54, 1.807) is 0 Å². The van der Waals surface area contributed by atoms with Gasteiger partial charge in [0.1, 0.15) is 0 Å². The summed E-state index contributed by atoms with van der Waals surface area (Å²) in [7, 11) is 0. The molecule has 0 saturated carbocycles. The Morgan fingerprint density at radius 2 is 1.94 bits per heavy atom. The normalized spacial score (nSPS) is 16.0. The minimum atomic E-state index is -0.871. The van der Waals surface area contributed by atoms with Gasteiger partial charge in [-0.1, -0.05) is 33.6 Å². The third-order valence-corrected chi connectivity index (χ3v) is 3.07. The van der Waals surface area contributed by atoms with E-state index in [1.807, 2.05) is 20.8 Å². The molecule has 3 unspecified atom stereocenters. The molecule has 0 rings (SSSR count). The largest absolute Gasteiger partial charge is 0.481 e. The Balaban J connectivity index is 4.16. The molecule has 4 N–H and O–H groups in total. The molecule has 0 aromatic heterocycles. The first-order valence-corrected chi connectivity index (χ1v) is 6.20. The van der Waals surface area contributed by atoms with Crippen molar-refractivity contribution in [2.45, 2.75) is 46.1 Å². The van der Waals surface area contributed by atoms with Crippen LogP contribution in [0.15, 0.2) is 0 Å². The number of carboxylic acid groups (broad SMARTS) is 1. The SMILES string of the molecule is CCCC(CNC(=O)C(N)C(C)CC)C(=O)O. The monoisotopic (exact) mass is 244 g/mol. The van der Waals surface area contributed by atoms with Crippen LogP contribution in [0, 0.1) is 11.8 Å². The van der Waals surface area contributed by atoms with Crippen molar-refractivity contribution in [1.82, 2.24) is 5.32 Å². The maximum absolute atomic E-state index is 11.6. The van der Waals surface area contributed by atoms with E-state index >= 15 is 0 Å². The number of carbonyl (C=O) groups is 2. The Morgan fingerprint density at radius 3 is 2.35 bits per heavy atom. The van der Waals surface area contributed by atoms with Crippen molar-refractivity contribution in [3.63, 3.8) is 0 Å². The predicted octanol–water partition coefficient (Wildman–Crippen LogP) is 0.977. The maximum Gasteiger partial charge on any atom is 0.308 e. The van der Waals surface area contributed by atoms with Crippen LogP contribution in [0.2, 0.25) is 0 Å². The quantitative estimate of drug-likeness (QED) is 0.593. The number of nitrogens with one attached hydrogen (secondary N) is 1. The number of carbonyl (C=O) groups excluding carboxylic acids is 1. The summed E-state index contributed by atoms with van der Waals surface area (Å²) in [5, 5.41) is 11.5. The highest BCUT2D eigenvalue weighted by Gasteiger charge is 2.22. The summed E-state index contributed by atoms with van der Waals surface area (Å²) in [5.41, 5.74) is 5.75. The zero-order chi connectivity index (χ0) is 13.4. The number of amides is 1. The van der Waals surface area contributed by atoms with Crippen LogP contribution >= 0.6 is 0 Å². The highest BCUT2D eigenvalue weighted by Crippen LogP contribution is 2.07.